The summed E-state index contributed by atoms with van der Waals surface area (Å²) >= 11 is 11.8. The molecule has 6 heteroatoms. The number of carbonyl (C=O) groups excluding carboxylic acids is 2. The van der Waals surface area contributed by atoms with E-state index in [0.717, 1.165) is 0 Å². The fourth-order valence-corrected chi connectivity index (χ4v) is 2.75. The molecule has 4 nitrogen and oxygen atoms in total. The number of rotatable bonds is 2. The number of primary amides is 1. The van der Waals surface area contributed by atoms with Gasteiger partial charge >= 0.3 is 0 Å². The molecule has 0 aromatic heterocycles. The van der Waals surface area contributed by atoms with E-state index in [0.29, 0.717) is 41.5 Å². The molecule has 0 spiro atoms. The highest BCUT2D eigenvalue weighted by molar-refractivity contribution is 6.35. The number of hydrogen-bond donors (Lipinski definition) is 1. The second kappa shape index (κ2) is 5.80. The predicted octanol–water partition coefficient (Wildman–Crippen LogP) is 2.33. The van der Waals surface area contributed by atoms with Gasteiger partial charge in [0, 0.05) is 34.6 Å². The van der Waals surface area contributed by atoms with Crippen LogP contribution in [0.3, 0.4) is 0 Å². The molecule has 0 saturated carbocycles. The van der Waals surface area contributed by atoms with Crippen LogP contribution in [0.5, 0.6) is 0 Å². The van der Waals surface area contributed by atoms with E-state index in [4.69, 9.17) is 28.9 Å². The molecule has 2 N–H and O–H groups in total. The van der Waals surface area contributed by atoms with Crippen molar-refractivity contribution in [3.05, 3.63) is 33.8 Å². The van der Waals surface area contributed by atoms with E-state index >= 15 is 0 Å². The zero-order valence-corrected chi connectivity index (χ0v) is 11.7. The van der Waals surface area contributed by atoms with Gasteiger partial charge in [0.25, 0.3) is 5.91 Å². The normalized spacial score (nSPS) is 16.4. The molecule has 0 atom stereocenters. The van der Waals surface area contributed by atoms with Gasteiger partial charge in [0.05, 0.1) is 0 Å². The lowest BCUT2D eigenvalue weighted by molar-refractivity contribution is -0.123. The summed E-state index contributed by atoms with van der Waals surface area (Å²) in [4.78, 5) is 25.0. The molecule has 102 valence electrons. The van der Waals surface area contributed by atoms with Crippen LogP contribution < -0.4 is 5.73 Å². The van der Waals surface area contributed by atoms with Gasteiger partial charge in [-0.25, -0.2) is 0 Å². The van der Waals surface area contributed by atoms with E-state index in [1.54, 1.807) is 23.1 Å². The third kappa shape index (κ3) is 3.39. The van der Waals surface area contributed by atoms with Gasteiger partial charge in [0.15, 0.2) is 0 Å². The first kappa shape index (κ1) is 14.2. The summed E-state index contributed by atoms with van der Waals surface area (Å²) in [5.41, 5.74) is 5.73. The van der Waals surface area contributed by atoms with E-state index in [-0.39, 0.29) is 17.7 Å². The SMILES string of the molecule is NC(=O)C1CCN(C(=O)c2cc(Cl)cc(Cl)c2)CC1. The van der Waals surface area contributed by atoms with Crippen LogP contribution in [0.1, 0.15) is 23.2 Å². The number of halogens is 2. The summed E-state index contributed by atoms with van der Waals surface area (Å²) in [6.07, 6.45) is 1.21. The lowest BCUT2D eigenvalue weighted by atomic mass is 9.96. The van der Waals surface area contributed by atoms with E-state index < -0.39 is 0 Å². The number of piperidine rings is 1. The number of hydrogen-bond acceptors (Lipinski definition) is 2. The molecule has 1 heterocycles. The number of carbonyl (C=O) groups is 2. The molecular formula is C13H14Cl2N2O2. The van der Waals surface area contributed by atoms with Gasteiger partial charge in [-0.1, -0.05) is 23.2 Å². The Bertz CT molecular complexity index is 491. The molecule has 0 radical (unpaired) electrons. The average Bonchev–Trinajstić information content (AvgIpc) is 2.37. The lowest BCUT2D eigenvalue weighted by Gasteiger charge is -2.30. The minimum Gasteiger partial charge on any atom is -0.369 e. The first-order valence-corrected chi connectivity index (χ1v) is 6.77. The molecule has 1 aliphatic heterocycles. The van der Waals surface area contributed by atoms with Crippen LogP contribution in [0.15, 0.2) is 18.2 Å². The molecule has 1 aromatic rings. The van der Waals surface area contributed by atoms with Gasteiger partial charge in [-0.2, -0.15) is 0 Å². The number of benzene rings is 1. The second-order valence-electron chi connectivity index (χ2n) is 4.63. The Labute approximate surface area is 121 Å². The highest BCUT2D eigenvalue weighted by Crippen LogP contribution is 2.23. The molecule has 0 aliphatic carbocycles. The zero-order chi connectivity index (χ0) is 14.0. The van der Waals surface area contributed by atoms with Crippen molar-refractivity contribution in [3.63, 3.8) is 0 Å². The van der Waals surface area contributed by atoms with Gasteiger partial charge in [-0.05, 0) is 31.0 Å². The third-order valence-electron chi connectivity index (χ3n) is 3.29. The monoisotopic (exact) mass is 300 g/mol. The highest BCUT2D eigenvalue weighted by atomic mass is 35.5. The van der Waals surface area contributed by atoms with Gasteiger partial charge in [0.2, 0.25) is 5.91 Å². The second-order valence-corrected chi connectivity index (χ2v) is 5.50. The summed E-state index contributed by atoms with van der Waals surface area (Å²) in [7, 11) is 0. The summed E-state index contributed by atoms with van der Waals surface area (Å²) in [6, 6.07) is 4.77. The van der Waals surface area contributed by atoms with E-state index in [9.17, 15) is 9.59 Å². The molecule has 1 saturated heterocycles. The summed E-state index contributed by atoms with van der Waals surface area (Å²) in [5.74, 6) is -0.544. The Kier molecular flexibility index (Phi) is 4.32. The standard InChI is InChI=1S/C13H14Cl2N2O2/c14-10-5-9(6-11(15)7-10)13(19)17-3-1-8(2-4-17)12(16)18/h5-8H,1-4H2,(H2,16,18). The number of nitrogens with zero attached hydrogens (tertiary/aromatic N) is 1. The van der Waals surface area contributed by atoms with Gasteiger partial charge in [-0.15, -0.1) is 0 Å². The van der Waals surface area contributed by atoms with Crippen molar-refractivity contribution in [2.75, 3.05) is 13.1 Å². The number of likely N-dealkylation sites (tertiary alicyclic amines) is 1. The van der Waals surface area contributed by atoms with Crippen LogP contribution in [0.25, 0.3) is 0 Å². The van der Waals surface area contributed by atoms with Crippen molar-refractivity contribution in [1.29, 1.82) is 0 Å². The van der Waals surface area contributed by atoms with Gasteiger partial charge in [0.1, 0.15) is 0 Å². The van der Waals surface area contributed by atoms with Crippen molar-refractivity contribution < 1.29 is 9.59 Å². The third-order valence-corrected chi connectivity index (χ3v) is 3.73. The maximum Gasteiger partial charge on any atom is 0.253 e. The summed E-state index contributed by atoms with van der Waals surface area (Å²) < 4.78 is 0. The molecule has 0 unspecified atom stereocenters. The van der Waals surface area contributed by atoms with E-state index in [2.05, 4.69) is 0 Å². The molecule has 0 bridgehead atoms. The molecule has 1 aliphatic rings. The fourth-order valence-electron chi connectivity index (χ4n) is 2.23. The molecule has 2 amide bonds. The Morgan fingerprint density at radius 1 is 1.11 bits per heavy atom. The lowest BCUT2D eigenvalue weighted by Crippen LogP contribution is -2.41. The molecular weight excluding hydrogens is 287 g/mol. The van der Waals surface area contributed by atoms with Gasteiger partial charge in [-0.3, -0.25) is 9.59 Å². The maximum absolute atomic E-state index is 12.3. The Morgan fingerprint density at radius 2 is 1.63 bits per heavy atom. The first-order chi connectivity index (χ1) is 8.97. The van der Waals surface area contributed by atoms with Crippen molar-refractivity contribution in [2.45, 2.75) is 12.8 Å². The van der Waals surface area contributed by atoms with Gasteiger partial charge < -0.3 is 10.6 Å². The topological polar surface area (TPSA) is 63.4 Å². The van der Waals surface area contributed by atoms with E-state index in [1.807, 2.05) is 0 Å². The van der Waals surface area contributed by atoms with E-state index in [1.165, 1.54) is 0 Å². The Hall–Kier alpha value is -1.26. The van der Waals surface area contributed by atoms with Crippen LogP contribution in [0.4, 0.5) is 0 Å². The average molecular weight is 301 g/mol. The Balaban J connectivity index is 2.07. The van der Waals surface area contributed by atoms with Crippen LogP contribution >= 0.6 is 23.2 Å². The Morgan fingerprint density at radius 3 is 2.11 bits per heavy atom. The maximum atomic E-state index is 12.3. The molecule has 1 fully saturated rings. The number of amides is 2. The first-order valence-electron chi connectivity index (χ1n) is 6.02. The van der Waals surface area contributed by atoms with Crippen molar-refractivity contribution in [1.82, 2.24) is 4.90 Å². The number of nitrogens with two attached hydrogens (primary N) is 1. The predicted molar refractivity (Wildman–Crippen MR) is 74.3 cm³/mol. The largest absolute Gasteiger partial charge is 0.369 e. The zero-order valence-electron chi connectivity index (χ0n) is 10.2. The fraction of sp³-hybridized carbons (Fsp3) is 0.385. The van der Waals surface area contributed by atoms with Crippen LogP contribution in [-0.2, 0) is 4.79 Å². The van der Waals surface area contributed by atoms with Crippen LogP contribution in [-0.4, -0.2) is 29.8 Å². The minimum absolute atomic E-state index is 0.118. The van der Waals surface area contributed by atoms with Crippen LogP contribution in [0.2, 0.25) is 10.0 Å². The van der Waals surface area contributed by atoms with Crippen LogP contribution in [0, 0.1) is 5.92 Å². The van der Waals surface area contributed by atoms with Crippen molar-refractivity contribution in [3.8, 4) is 0 Å². The molecule has 1 aromatic carbocycles. The summed E-state index contributed by atoms with van der Waals surface area (Å²) in [5, 5.41) is 0.866. The highest BCUT2D eigenvalue weighted by Gasteiger charge is 2.26. The molecule has 19 heavy (non-hydrogen) atoms. The summed E-state index contributed by atoms with van der Waals surface area (Å²) in [6.45, 7) is 1.05. The molecule has 2 rings (SSSR count). The smallest absolute Gasteiger partial charge is 0.253 e. The minimum atomic E-state index is -0.294. The quantitative estimate of drug-likeness (QED) is 0.911. The van der Waals surface area contributed by atoms with Crippen molar-refractivity contribution in [2.24, 2.45) is 11.7 Å². The van der Waals surface area contributed by atoms with Crippen molar-refractivity contribution >= 4 is 35.0 Å².